The average molecular weight is 256 g/mol. The molecule has 0 saturated carbocycles. The van der Waals surface area contributed by atoms with Crippen LogP contribution in [0.2, 0.25) is 0 Å². The van der Waals surface area contributed by atoms with E-state index >= 15 is 0 Å². The topological polar surface area (TPSA) is 59.0 Å². The predicted octanol–water partition coefficient (Wildman–Crippen LogP) is 1.96. The van der Waals surface area contributed by atoms with Crippen molar-refractivity contribution in [1.82, 2.24) is 15.1 Å². The third kappa shape index (κ3) is 3.22. The molecule has 0 aliphatic rings. The molecule has 19 heavy (non-hydrogen) atoms. The molecule has 1 heterocycles. The molecule has 0 fully saturated rings. The maximum absolute atomic E-state index is 11.4. The van der Waals surface area contributed by atoms with Gasteiger partial charge in [-0.05, 0) is 24.3 Å². The highest BCUT2D eigenvalue weighted by Gasteiger charge is 2.02. The quantitative estimate of drug-likeness (QED) is 0.859. The van der Waals surface area contributed by atoms with Gasteiger partial charge in [0.2, 0.25) is 0 Å². The first-order valence-corrected chi connectivity index (χ1v) is 5.94. The minimum Gasteiger partial charge on any atom is -0.381 e. The fourth-order valence-electron chi connectivity index (χ4n) is 1.66. The van der Waals surface area contributed by atoms with Gasteiger partial charge in [0.1, 0.15) is 0 Å². The number of hydrogen-bond acceptors (Lipinski definition) is 3. The Morgan fingerprint density at radius 3 is 2.74 bits per heavy atom. The fourth-order valence-corrected chi connectivity index (χ4v) is 1.66. The lowest BCUT2D eigenvalue weighted by Gasteiger charge is -2.05. The largest absolute Gasteiger partial charge is 0.381 e. The Morgan fingerprint density at radius 2 is 2.16 bits per heavy atom. The van der Waals surface area contributed by atoms with Crippen LogP contribution in [-0.2, 0) is 6.54 Å². The number of nitrogens with one attached hydrogen (secondary N) is 2. The first-order chi connectivity index (χ1) is 9.22. The summed E-state index contributed by atoms with van der Waals surface area (Å²) >= 11 is 0. The summed E-state index contributed by atoms with van der Waals surface area (Å²) in [6, 6.07) is 7.33. The number of hydrogen-bond donors (Lipinski definition) is 2. The van der Waals surface area contributed by atoms with E-state index in [1.54, 1.807) is 36.3 Å². The van der Waals surface area contributed by atoms with Gasteiger partial charge in [0.15, 0.2) is 0 Å². The highest BCUT2D eigenvalue weighted by Crippen LogP contribution is 2.11. The van der Waals surface area contributed by atoms with Gasteiger partial charge in [-0.1, -0.05) is 6.58 Å². The summed E-state index contributed by atoms with van der Waals surface area (Å²) in [6.45, 7) is 4.31. The molecule has 2 N–H and O–H groups in total. The zero-order valence-electron chi connectivity index (χ0n) is 10.8. The Hall–Kier alpha value is -2.56. The second-order valence-electron chi connectivity index (χ2n) is 4.02. The van der Waals surface area contributed by atoms with E-state index in [1.165, 1.54) is 0 Å². The highest BCUT2D eigenvalue weighted by molar-refractivity contribution is 5.94. The Morgan fingerprint density at radius 1 is 1.42 bits per heavy atom. The molecule has 2 aromatic rings. The molecule has 0 saturated heterocycles. The van der Waals surface area contributed by atoms with E-state index in [1.807, 2.05) is 18.3 Å². The number of carbonyl (C=O) groups is 1. The van der Waals surface area contributed by atoms with Crippen LogP contribution < -0.4 is 10.6 Å². The summed E-state index contributed by atoms with van der Waals surface area (Å²) in [5.41, 5.74) is 2.67. The molecule has 1 amide bonds. The highest BCUT2D eigenvalue weighted by atomic mass is 16.1. The van der Waals surface area contributed by atoms with E-state index < -0.39 is 0 Å². The van der Waals surface area contributed by atoms with Crippen molar-refractivity contribution in [2.45, 2.75) is 6.54 Å². The Labute approximate surface area is 111 Å². The van der Waals surface area contributed by atoms with E-state index in [9.17, 15) is 4.79 Å². The lowest BCUT2D eigenvalue weighted by Crippen LogP contribution is -2.17. The van der Waals surface area contributed by atoms with Gasteiger partial charge in [-0.3, -0.25) is 4.79 Å². The van der Waals surface area contributed by atoms with Crippen molar-refractivity contribution in [2.24, 2.45) is 0 Å². The first-order valence-electron chi connectivity index (χ1n) is 5.94. The molecule has 2 rings (SSSR count). The van der Waals surface area contributed by atoms with E-state index in [2.05, 4.69) is 22.3 Å². The zero-order chi connectivity index (χ0) is 13.7. The molecule has 98 valence electrons. The van der Waals surface area contributed by atoms with Crippen LogP contribution in [0.3, 0.4) is 0 Å². The predicted molar refractivity (Wildman–Crippen MR) is 75.8 cm³/mol. The molecule has 1 aromatic heterocycles. The molecule has 0 unspecified atom stereocenters. The summed E-state index contributed by atoms with van der Waals surface area (Å²) in [5, 5.41) is 9.95. The molecule has 0 atom stereocenters. The smallest absolute Gasteiger partial charge is 0.251 e. The number of nitrogens with zero attached hydrogens (tertiary/aromatic N) is 2. The van der Waals surface area contributed by atoms with Gasteiger partial charge in [-0.25, -0.2) is 4.68 Å². The molecule has 0 bridgehead atoms. The van der Waals surface area contributed by atoms with E-state index in [0.717, 1.165) is 11.3 Å². The molecule has 5 heteroatoms. The molecular weight excluding hydrogens is 240 g/mol. The van der Waals surface area contributed by atoms with Gasteiger partial charge in [-0.2, -0.15) is 5.10 Å². The van der Waals surface area contributed by atoms with Crippen molar-refractivity contribution in [1.29, 1.82) is 0 Å². The first kappa shape index (κ1) is 12.9. The van der Waals surface area contributed by atoms with Gasteiger partial charge >= 0.3 is 0 Å². The monoisotopic (exact) mass is 256 g/mol. The van der Waals surface area contributed by atoms with Gasteiger partial charge in [0.05, 0.1) is 6.20 Å². The van der Waals surface area contributed by atoms with Crippen LogP contribution in [0.1, 0.15) is 15.9 Å². The number of benzene rings is 1. The third-order valence-corrected chi connectivity index (χ3v) is 2.71. The van der Waals surface area contributed by atoms with Gasteiger partial charge in [-0.15, -0.1) is 0 Å². The van der Waals surface area contributed by atoms with Crippen LogP contribution in [0.4, 0.5) is 5.69 Å². The van der Waals surface area contributed by atoms with E-state index in [-0.39, 0.29) is 5.91 Å². The van der Waals surface area contributed by atoms with Gasteiger partial charge in [0, 0.05) is 42.8 Å². The third-order valence-electron chi connectivity index (χ3n) is 2.71. The standard InChI is InChI=1S/C14H16N4O/c1-3-18-10-11(9-17-18)8-16-13-6-4-12(5-7-13)14(19)15-2/h3-7,9-10,16H,1,8H2,2H3,(H,15,19). The van der Waals surface area contributed by atoms with E-state index in [4.69, 9.17) is 0 Å². The summed E-state index contributed by atoms with van der Waals surface area (Å²) in [7, 11) is 1.62. The Balaban J connectivity index is 1.96. The summed E-state index contributed by atoms with van der Waals surface area (Å²) in [4.78, 5) is 11.4. The van der Waals surface area contributed by atoms with Crippen molar-refractivity contribution in [2.75, 3.05) is 12.4 Å². The summed E-state index contributed by atoms with van der Waals surface area (Å²) in [5.74, 6) is -0.0844. The van der Waals surface area contributed by atoms with Crippen molar-refractivity contribution >= 4 is 17.8 Å². The van der Waals surface area contributed by atoms with Crippen LogP contribution in [-0.4, -0.2) is 22.7 Å². The fraction of sp³-hybridized carbons (Fsp3) is 0.143. The van der Waals surface area contributed by atoms with Crippen molar-refractivity contribution in [3.63, 3.8) is 0 Å². The van der Waals surface area contributed by atoms with Gasteiger partial charge in [0.25, 0.3) is 5.91 Å². The number of aromatic nitrogens is 2. The minimum atomic E-state index is -0.0844. The molecule has 0 radical (unpaired) electrons. The van der Waals surface area contributed by atoms with Crippen molar-refractivity contribution < 1.29 is 4.79 Å². The van der Waals surface area contributed by atoms with Crippen LogP contribution in [0, 0.1) is 0 Å². The van der Waals surface area contributed by atoms with Crippen molar-refractivity contribution in [3.05, 3.63) is 54.4 Å². The van der Waals surface area contributed by atoms with Crippen LogP contribution >= 0.6 is 0 Å². The van der Waals surface area contributed by atoms with Crippen LogP contribution in [0.15, 0.2) is 43.2 Å². The number of amides is 1. The molecular formula is C14H16N4O. The minimum absolute atomic E-state index is 0.0844. The Bertz CT molecular complexity index is 571. The maximum Gasteiger partial charge on any atom is 0.251 e. The molecule has 0 aliphatic heterocycles. The van der Waals surface area contributed by atoms with Gasteiger partial charge < -0.3 is 10.6 Å². The second-order valence-corrected chi connectivity index (χ2v) is 4.02. The number of anilines is 1. The Kier molecular flexibility index (Phi) is 3.97. The SMILES string of the molecule is C=Cn1cc(CNc2ccc(C(=O)NC)cc2)cn1. The maximum atomic E-state index is 11.4. The molecule has 0 aliphatic carbocycles. The normalized spacial score (nSPS) is 9.95. The number of carbonyl (C=O) groups excluding carboxylic acids is 1. The second kappa shape index (κ2) is 5.86. The lowest BCUT2D eigenvalue weighted by molar-refractivity contribution is 0.0963. The zero-order valence-corrected chi connectivity index (χ0v) is 10.8. The summed E-state index contributed by atoms with van der Waals surface area (Å²) in [6.07, 6.45) is 5.33. The van der Waals surface area contributed by atoms with Crippen LogP contribution in [0.5, 0.6) is 0 Å². The van der Waals surface area contributed by atoms with Crippen molar-refractivity contribution in [3.8, 4) is 0 Å². The van der Waals surface area contributed by atoms with Crippen LogP contribution in [0.25, 0.3) is 6.20 Å². The van der Waals surface area contributed by atoms with E-state index in [0.29, 0.717) is 12.1 Å². The summed E-state index contributed by atoms with van der Waals surface area (Å²) < 4.78 is 1.66. The molecule has 1 aromatic carbocycles. The average Bonchev–Trinajstić information content (AvgIpc) is 2.93. The molecule has 0 spiro atoms. The lowest BCUT2D eigenvalue weighted by atomic mass is 10.2. The number of rotatable bonds is 5. The molecule has 5 nitrogen and oxygen atoms in total.